The van der Waals surface area contributed by atoms with E-state index in [2.05, 4.69) is 78.4 Å². The van der Waals surface area contributed by atoms with Crippen LogP contribution in [0.15, 0.2) is 72.2 Å². The highest BCUT2D eigenvalue weighted by molar-refractivity contribution is 6.00. The van der Waals surface area contributed by atoms with E-state index in [9.17, 15) is 92.7 Å². The number of benzene rings is 2. The van der Waals surface area contributed by atoms with Gasteiger partial charge in [0.15, 0.2) is 5.96 Å². The Morgan fingerprint density at radius 3 is 1.59 bits per heavy atom. The summed E-state index contributed by atoms with van der Waals surface area (Å²) in [6.07, 6.45) is 11.7. The van der Waals surface area contributed by atoms with E-state index in [1.54, 1.807) is 59.0 Å². The molecule has 716 valence electrons. The molecule has 3 aliphatic rings. The van der Waals surface area contributed by atoms with Gasteiger partial charge >= 0.3 is 17.9 Å². The number of amides is 13. The molecule has 2 aromatic heterocycles. The van der Waals surface area contributed by atoms with Gasteiger partial charge in [0.1, 0.15) is 60.1 Å². The van der Waals surface area contributed by atoms with Gasteiger partial charge in [0, 0.05) is 140 Å². The van der Waals surface area contributed by atoms with Gasteiger partial charge in [-0.05, 0) is 106 Å². The maximum absolute atomic E-state index is 15.2. The number of primary amides is 1. The molecular weight excluding hydrogens is 1690 g/mol. The van der Waals surface area contributed by atoms with Crippen LogP contribution in [0, 0.1) is 5.92 Å². The van der Waals surface area contributed by atoms with Crippen LogP contribution in [0.3, 0.4) is 0 Å². The lowest BCUT2D eigenvalue weighted by molar-refractivity contribution is -0.142. The number of nitrogens with one attached hydrogen (secondary N) is 13. The van der Waals surface area contributed by atoms with Crippen LogP contribution < -0.4 is 75.7 Å². The summed E-state index contributed by atoms with van der Waals surface area (Å²) in [5.74, 6) is -13.1. The fraction of sp³-hybridized carbons (Fsp3) is 0.605. The summed E-state index contributed by atoms with van der Waals surface area (Å²) in [4.78, 5) is 239. The zero-order chi connectivity index (χ0) is 94.6. The molecule has 2 aromatic carbocycles. The number of aliphatic hydroxyl groups excluding tert-OH is 1. The Morgan fingerprint density at radius 2 is 1.03 bits per heavy atom. The molecule has 44 nitrogen and oxygen atoms in total. The van der Waals surface area contributed by atoms with Crippen LogP contribution >= 0.6 is 0 Å². The van der Waals surface area contributed by atoms with Gasteiger partial charge in [-0.25, -0.2) is 4.98 Å². The van der Waals surface area contributed by atoms with Crippen LogP contribution in [0.25, 0.3) is 10.9 Å². The molecule has 3 saturated heterocycles. The fourth-order valence-corrected chi connectivity index (χ4v) is 15.6. The minimum atomic E-state index is -1.85. The number of fused-ring (bicyclic) bond motifs is 1. The molecule has 3 aliphatic heterocycles. The number of hydrogen-bond acceptors (Lipinski definition) is 24. The zero-order valence-electron chi connectivity index (χ0n) is 74.0. The van der Waals surface area contributed by atoms with E-state index < -0.39 is 145 Å². The minimum absolute atomic E-state index is 0.00870. The topological polar surface area (TPSA) is 658 Å². The molecule has 0 aliphatic carbocycles. The Kier molecular flexibility index (Phi) is 44.6. The quantitative estimate of drug-likeness (QED) is 0.0115. The first-order valence-corrected chi connectivity index (χ1v) is 44.5. The highest BCUT2D eigenvalue weighted by Gasteiger charge is 2.41. The zero-order valence-corrected chi connectivity index (χ0v) is 74.0. The highest BCUT2D eigenvalue weighted by Crippen LogP contribution is 2.24. The molecule has 9 atom stereocenters. The average molecular weight is 1820 g/mol. The number of aliphatic hydroxyl groups is 1. The number of phenols is 1. The molecule has 4 aromatic rings. The molecule has 0 bridgehead atoms. The van der Waals surface area contributed by atoms with Gasteiger partial charge in [-0.2, -0.15) is 0 Å². The van der Waals surface area contributed by atoms with Crippen molar-refractivity contribution >= 4 is 112 Å². The summed E-state index contributed by atoms with van der Waals surface area (Å²) in [7, 11) is 0. The van der Waals surface area contributed by atoms with Crippen LogP contribution in [0.1, 0.15) is 153 Å². The van der Waals surface area contributed by atoms with Crippen LogP contribution in [-0.2, 0) is 96.0 Å². The molecule has 0 unspecified atom stereocenters. The summed E-state index contributed by atoms with van der Waals surface area (Å²) < 4.78 is 0. The smallest absolute Gasteiger partial charge is 0.317 e. The maximum Gasteiger partial charge on any atom is 0.317 e. The Labute approximate surface area is 753 Å². The predicted molar refractivity (Wildman–Crippen MR) is 474 cm³/mol. The molecule has 3 fully saturated rings. The van der Waals surface area contributed by atoms with Crippen molar-refractivity contribution in [1.82, 2.24) is 97.9 Å². The van der Waals surface area contributed by atoms with Crippen molar-refractivity contribution < 1.29 is 102 Å². The first-order valence-electron chi connectivity index (χ1n) is 44.5. The highest BCUT2D eigenvalue weighted by atomic mass is 16.4. The first-order chi connectivity index (χ1) is 62.2. The number of aromatic hydroxyl groups is 1. The number of carbonyl (C=O) groups excluding carboxylic acids is 13. The van der Waals surface area contributed by atoms with E-state index in [1.165, 1.54) is 41.7 Å². The van der Waals surface area contributed by atoms with E-state index in [0.29, 0.717) is 60.2 Å². The molecule has 5 heterocycles. The summed E-state index contributed by atoms with van der Waals surface area (Å²) >= 11 is 0. The van der Waals surface area contributed by atoms with Gasteiger partial charge in [0.2, 0.25) is 76.8 Å². The van der Waals surface area contributed by atoms with Gasteiger partial charge in [-0.3, -0.25) is 101 Å². The third kappa shape index (κ3) is 38.1. The molecule has 0 radical (unpaired) electrons. The lowest BCUT2D eigenvalue weighted by Gasteiger charge is -2.32. The van der Waals surface area contributed by atoms with E-state index >= 15 is 9.59 Å². The van der Waals surface area contributed by atoms with Crippen LogP contribution in [0.5, 0.6) is 5.75 Å². The van der Waals surface area contributed by atoms with Gasteiger partial charge in [0.05, 0.1) is 45.7 Å². The number of hydrogen-bond donors (Lipinski definition) is 21. The van der Waals surface area contributed by atoms with Crippen molar-refractivity contribution in [1.29, 1.82) is 0 Å². The number of likely N-dealkylation sites (tertiary alicyclic amines) is 1. The number of rotatable bonds is 55. The van der Waals surface area contributed by atoms with E-state index in [0.717, 1.165) is 44.9 Å². The number of aromatic nitrogens is 3. The minimum Gasteiger partial charge on any atom is -0.508 e. The number of aromatic amines is 2. The van der Waals surface area contributed by atoms with Crippen molar-refractivity contribution in [2.45, 2.75) is 209 Å². The van der Waals surface area contributed by atoms with Crippen LogP contribution in [0.2, 0.25) is 0 Å². The summed E-state index contributed by atoms with van der Waals surface area (Å²) in [5, 5.41) is 80.4. The van der Waals surface area contributed by atoms with E-state index in [4.69, 9.17) is 17.2 Å². The second-order valence-electron chi connectivity index (χ2n) is 33.5. The Hall–Kier alpha value is -12.4. The molecule has 0 spiro atoms. The number of aliphatic carboxylic acids is 3. The third-order valence-electron chi connectivity index (χ3n) is 22.6. The SMILES string of the molecule is CC(C)C[C@H](NC(=O)[C@@H](CCCCNC(=O)CCCCCCCCCCNC(=O)CN1CCN(CC(=O)O)CCN(CC(=O)O)CCN(CC(=O)O)CC1)NC(=O)[C@H](Cc1ccc(O)cc1)NC(=O)[C@H](CO)NC(=O)[C@H](Cc1c[nH]c2ccccc12)NC(=O)[C@H](Cc1cnc[nH]1)NC(=O)[C@@H]1CCC(=O)N1)C(=O)N[C@@H](CCCN=C(N)N)C(=O)N1CCC[C@H]1C(=O)NCC(N)=O. The second-order valence-corrected chi connectivity index (χ2v) is 33.5. The molecule has 44 heteroatoms. The lowest BCUT2D eigenvalue weighted by atomic mass is 10.00. The number of guanidine groups is 1. The number of H-pyrrole nitrogens is 2. The number of carboxylic acids is 3. The van der Waals surface area contributed by atoms with Gasteiger partial charge < -0.3 is 116 Å². The lowest BCUT2D eigenvalue weighted by Crippen LogP contribution is -2.61. The number of unbranched alkanes of at least 4 members (excludes halogenated alkanes) is 8. The molecular formula is C86H131N23O21. The van der Waals surface area contributed by atoms with Gasteiger partial charge in [0.25, 0.3) is 0 Å². The summed E-state index contributed by atoms with van der Waals surface area (Å²) in [6.45, 7) is 4.08. The maximum atomic E-state index is 15.2. The van der Waals surface area contributed by atoms with Crippen LogP contribution in [0.4, 0.5) is 0 Å². The van der Waals surface area contributed by atoms with Crippen molar-refractivity contribution in [3.05, 3.63) is 84.1 Å². The number of nitrogens with zero attached hydrogens (tertiary/aromatic N) is 7. The fourth-order valence-electron chi connectivity index (χ4n) is 15.6. The number of carbonyl (C=O) groups is 16. The standard InChI is InChI=1S/C86H131N23O21/c1-54(2)41-64(79(124)99-63(20-15-31-93-86(88)89)85(130)109-32-16-21-69(109)84(129)95-47-70(87)112)100-77(122)61(19-12-14-30-91-71(113)22-9-7-5-3-4-6-8-13-29-92-73(115)48-105-33-35-106(49-74(116)117)37-39-108(51-76(120)121)40-38-107(36-34-105)50-75(118)119)98-80(125)65(42-55-23-25-58(111)26-24-55)101-83(128)68(52-110)104-81(126)66(43-56-45-94-60-18-11-10-17-59(56)60)102-82(127)67(44-57-46-90-53-96-57)103-78(123)62-27-28-72(114)97-62/h10-11,17-18,23-26,45-46,53-54,61-69,94,110-111H,3-9,12-16,19-22,27-44,47-52H2,1-2H3,(H2,87,112)(H,90,96)(H,91,113)(H,92,115)(H,95,129)(H,97,114)(H,98,125)(H,99,124)(H,100,122)(H,101,128)(H,102,127)(H,103,123)(H,104,126)(H,116,117)(H,118,119)(H,120,121)(H4,88,89,93)/t61-,62+,63+,64+,65+,66+,67+,68+,69+/m1/s1. The number of phenolic OH excluding ortho intramolecular Hbond substituents is 1. The van der Waals surface area contributed by atoms with E-state index in [-0.39, 0.29) is 204 Å². The third-order valence-corrected chi connectivity index (χ3v) is 22.6. The van der Waals surface area contributed by atoms with Gasteiger partial charge in [-0.1, -0.05) is 82.7 Å². The van der Waals surface area contributed by atoms with E-state index in [1.807, 2.05) is 4.90 Å². The molecule has 130 heavy (non-hydrogen) atoms. The normalized spacial score (nSPS) is 17.0. The number of aliphatic imine (C=N–C) groups is 1. The Morgan fingerprint density at radius 1 is 0.523 bits per heavy atom. The number of imidazole rings is 1. The molecule has 13 amide bonds. The van der Waals surface area contributed by atoms with Crippen LogP contribution in [-0.4, -0.2) is 338 Å². The van der Waals surface area contributed by atoms with Crippen molar-refractivity contribution in [2.75, 3.05) is 118 Å². The molecule has 7 rings (SSSR count). The van der Waals surface area contributed by atoms with Gasteiger partial charge in [-0.15, -0.1) is 0 Å². The molecule has 0 saturated carbocycles. The Balaban J connectivity index is 1.01. The monoisotopic (exact) mass is 1820 g/mol. The van der Waals surface area contributed by atoms with Crippen molar-refractivity contribution in [3.63, 3.8) is 0 Å². The second kappa shape index (κ2) is 55.5. The first kappa shape index (κ1) is 105. The van der Waals surface area contributed by atoms with Crippen molar-refractivity contribution in [3.8, 4) is 5.75 Å². The predicted octanol–water partition coefficient (Wildman–Crippen LogP) is -3.63. The number of para-hydroxylation sites is 1. The number of nitrogens with two attached hydrogens (primary N) is 3. The Bertz CT molecular complexity index is 4400. The average Bonchev–Trinajstić information content (AvgIpc) is 1.70. The summed E-state index contributed by atoms with van der Waals surface area (Å²) in [6, 6.07) is 0.0844. The molecule has 24 N–H and O–H groups in total. The van der Waals surface area contributed by atoms with Crippen molar-refractivity contribution in [2.24, 2.45) is 28.1 Å². The number of carboxylic acid groups (broad SMARTS) is 3. The largest absolute Gasteiger partial charge is 0.508 e. The summed E-state index contributed by atoms with van der Waals surface area (Å²) in [5.41, 5.74) is 18.5.